The van der Waals surface area contributed by atoms with E-state index in [9.17, 15) is 0 Å². The van der Waals surface area contributed by atoms with Crippen molar-refractivity contribution >= 4 is 22.3 Å². The van der Waals surface area contributed by atoms with Crippen molar-refractivity contribution in [2.45, 2.75) is 39.3 Å². The van der Waals surface area contributed by atoms with E-state index in [-0.39, 0.29) is 5.54 Å². The molecule has 0 saturated heterocycles. The third-order valence-electron chi connectivity index (χ3n) is 5.98. The van der Waals surface area contributed by atoms with E-state index in [4.69, 9.17) is 9.83 Å². The fourth-order valence-corrected chi connectivity index (χ4v) is 4.42. The lowest BCUT2D eigenvalue weighted by Crippen LogP contribution is -2.31. The number of fused-ring (bicyclic) bond motifs is 2. The van der Waals surface area contributed by atoms with Crippen LogP contribution in [0.1, 0.15) is 48.6 Å². The lowest BCUT2D eigenvalue weighted by atomic mass is 9.82. The third-order valence-corrected chi connectivity index (χ3v) is 5.98. The molecular weight excluding hydrogens is 406 g/mol. The van der Waals surface area contributed by atoms with E-state index in [1.165, 1.54) is 5.56 Å². The third kappa shape index (κ3) is 4.42. The van der Waals surface area contributed by atoms with Crippen molar-refractivity contribution in [1.82, 2.24) is 4.98 Å². The summed E-state index contributed by atoms with van der Waals surface area (Å²) in [5.74, 6) is 0. The van der Waals surface area contributed by atoms with Crippen molar-refractivity contribution in [3.8, 4) is 0 Å². The molecule has 33 heavy (non-hydrogen) atoms. The van der Waals surface area contributed by atoms with E-state index in [1.807, 2.05) is 61.7 Å². The molecule has 0 fully saturated rings. The summed E-state index contributed by atoms with van der Waals surface area (Å²) in [6.45, 7) is 6.82. The first-order valence-corrected chi connectivity index (χ1v) is 11.3. The molecule has 0 amide bonds. The molecule has 5 rings (SSSR count). The smallest absolute Gasteiger partial charge is 0.142 e. The number of pyridine rings is 1. The minimum absolute atomic E-state index is 0.227. The summed E-state index contributed by atoms with van der Waals surface area (Å²) >= 11 is 0. The summed E-state index contributed by atoms with van der Waals surface area (Å²) in [5.41, 5.74) is 8.26. The largest absolute Gasteiger partial charge is 0.391 e. The van der Waals surface area contributed by atoms with E-state index in [0.29, 0.717) is 6.61 Å². The summed E-state index contributed by atoms with van der Waals surface area (Å²) in [6.07, 6.45) is 2.78. The monoisotopic (exact) mass is 433 g/mol. The van der Waals surface area contributed by atoms with E-state index >= 15 is 0 Å². The molecule has 4 nitrogen and oxygen atoms in total. The van der Waals surface area contributed by atoms with Gasteiger partial charge in [-0.05, 0) is 50.5 Å². The molecule has 0 aliphatic carbocycles. The van der Waals surface area contributed by atoms with Gasteiger partial charge < -0.3 is 4.84 Å². The number of aliphatic imine (C=N–C) groups is 1. The van der Waals surface area contributed by atoms with Gasteiger partial charge >= 0.3 is 0 Å². The Morgan fingerprint density at radius 3 is 2.61 bits per heavy atom. The topological polar surface area (TPSA) is 46.8 Å². The fourth-order valence-electron chi connectivity index (χ4n) is 4.42. The quantitative estimate of drug-likeness (QED) is 0.272. The molecule has 164 valence electrons. The molecule has 0 saturated carbocycles. The summed E-state index contributed by atoms with van der Waals surface area (Å²) in [5, 5.41) is 5.57. The second-order valence-corrected chi connectivity index (χ2v) is 9.13. The van der Waals surface area contributed by atoms with Crippen LogP contribution >= 0.6 is 0 Å². The summed E-state index contributed by atoms with van der Waals surface area (Å²) in [7, 11) is 0. The average molecular weight is 434 g/mol. The van der Waals surface area contributed by atoms with Gasteiger partial charge in [0.1, 0.15) is 6.61 Å². The molecule has 3 aromatic carbocycles. The maximum absolute atomic E-state index is 5.69. The average Bonchev–Trinajstić information content (AvgIpc) is 2.83. The molecular formula is C29H27N3O. The maximum Gasteiger partial charge on any atom is 0.142 e. The Bertz CT molecular complexity index is 1370. The summed E-state index contributed by atoms with van der Waals surface area (Å²) < 4.78 is 0. The molecule has 1 aliphatic heterocycles. The van der Waals surface area contributed by atoms with Gasteiger partial charge in [0.05, 0.1) is 22.5 Å². The van der Waals surface area contributed by atoms with E-state index in [0.717, 1.165) is 51.0 Å². The molecule has 1 aliphatic rings. The first kappa shape index (κ1) is 21.1. The van der Waals surface area contributed by atoms with Crippen LogP contribution in [0, 0.1) is 0 Å². The lowest BCUT2D eigenvalue weighted by Gasteiger charge is -2.30. The molecule has 0 radical (unpaired) electrons. The van der Waals surface area contributed by atoms with Gasteiger partial charge in [0.2, 0.25) is 0 Å². The Kier molecular flexibility index (Phi) is 5.51. The second-order valence-electron chi connectivity index (χ2n) is 9.13. The zero-order valence-electron chi connectivity index (χ0n) is 19.2. The highest BCUT2D eigenvalue weighted by molar-refractivity contribution is 6.17. The Hall–Kier alpha value is -3.79. The predicted molar refractivity (Wildman–Crippen MR) is 135 cm³/mol. The van der Waals surface area contributed by atoms with E-state index in [1.54, 1.807) is 0 Å². The molecule has 0 unspecified atom stereocenters. The lowest BCUT2D eigenvalue weighted by molar-refractivity contribution is 0.130. The molecule has 1 aromatic heterocycles. The Balaban J connectivity index is 1.52. The number of hydrogen-bond acceptors (Lipinski definition) is 4. The van der Waals surface area contributed by atoms with Gasteiger partial charge in [-0.25, -0.2) is 0 Å². The number of oxime groups is 1. The highest BCUT2D eigenvalue weighted by atomic mass is 16.6. The minimum Gasteiger partial charge on any atom is -0.391 e. The van der Waals surface area contributed by atoms with Gasteiger partial charge in [-0.3, -0.25) is 9.98 Å². The van der Waals surface area contributed by atoms with Crippen molar-refractivity contribution in [1.29, 1.82) is 0 Å². The van der Waals surface area contributed by atoms with Gasteiger partial charge in [-0.15, -0.1) is 0 Å². The van der Waals surface area contributed by atoms with Crippen LogP contribution in [0.2, 0.25) is 0 Å². The van der Waals surface area contributed by atoms with Crippen molar-refractivity contribution < 1.29 is 4.84 Å². The second kappa shape index (κ2) is 8.62. The number of benzene rings is 3. The molecule has 0 N–H and O–H groups in total. The van der Waals surface area contributed by atoms with Crippen LogP contribution in [-0.4, -0.2) is 21.9 Å². The van der Waals surface area contributed by atoms with Crippen LogP contribution < -0.4 is 0 Å². The molecule has 0 spiro atoms. The van der Waals surface area contributed by atoms with E-state index in [2.05, 4.69) is 54.3 Å². The Labute approximate surface area is 194 Å². The van der Waals surface area contributed by atoms with Crippen LogP contribution in [-0.2, 0) is 17.9 Å². The number of aromatic nitrogens is 1. The molecule has 0 atom stereocenters. The van der Waals surface area contributed by atoms with E-state index < -0.39 is 0 Å². The number of nitrogens with zero attached hydrogens (tertiary/aromatic N) is 3. The fraction of sp³-hybridized carbons (Fsp3) is 0.207. The van der Waals surface area contributed by atoms with Crippen molar-refractivity contribution in [3.05, 3.63) is 113 Å². The number of rotatable bonds is 5. The Morgan fingerprint density at radius 2 is 1.76 bits per heavy atom. The number of hydrogen-bond donors (Lipinski definition) is 0. The Morgan fingerprint density at radius 1 is 0.970 bits per heavy atom. The van der Waals surface area contributed by atoms with Crippen molar-refractivity contribution in [2.75, 3.05) is 0 Å². The van der Waals surface area contributed by atoms with Gasteiger partial charge in [0.15, 0.2) is 0 Å². The van der Waals surface area contributed by atoms with Gasteiger partial charge in [-0.1, -0.05) is 71.9 Å². The van der Waals surface area contributed by atoms with Crippen LogP contribution in [0.25, 0.3) is 10.9 Å². The summed E-state index contributed by atoms with van der Waals surface area (Å²) in [6, 6.07) is 26.8. The molecule has 4 aromatic rings. The van der Waals surface area contributed by atoms with Crippen LogP contribution in [0.15, 0.2) is 95.2 Å². The van der Waals surface area contributed by atoms with Crippen LogP contribution in [0.5, 0.6) is 0 Å². The summed E-state index contributed by atoms with van der Waals surface area (Å²) in [4.78, 5) is 15.5. The van der Waals surface area contributed by atoms with Crippen molar-refractivity contribution in [2.24, 2.45) is 10.1 Å². The zero-order valence-corrected chi connectivity index (χ0v) is 19.2. The molecule has 4 heteroatoms. The van der Waals surface area contributed by atoms with Crippen molar-refractivity contribution in [3.63, 3.8) is 0 Å². The maximum atomic E-state index is 5.69. The SMILES string of the molecule is CC(=NOCc1ccccc1)c1cccc2c1CC(C)(C)N=C2c1cnc2ccccc2c1. The number of para-hydroxylation sites is 1. The first-order chi connectivity index (χ1) is 16.0. The highest BCUT2D eigenvalue weighted by Crippen LogP contribution is 2.32. The highest BCUT2D eigenvalue weighted by Gasteiger charge is 2.30. The zero-order chi connectivity index (χ0) is 22.8. The predicted octanol–water partition coefficient (Wildman–Crippen LogP) is 6.35. The molecule has 0 bridgehead atoms. The van der Waals surface area contributed by atoms with Crippen LogP contribution in [0.4, 0.5) is 0 Å². The standard InChI is InChI=1S/C29H27N3O/c1-20(32-33-19-21-10-5-4-6-11-21)24-13-9-14-25-26(24)17-29(2,3)31-28(25)23-16-22-12-7-8-15-27(22)30-18-23/h4-16,18H,17,19H2,1-3H3. The normalized spacial score (nSPS) is 15.1. The van der Waals surface area contributed by atoms with Gasteiger partial charge in [0, 0.05) is 28.3 Å². The van der Waals surface area contributed by atoms with Gasteiger partial charge in [0.25, 0.3) is 0 Å². The molecule has 2 heterocycles. The first-order valence-electron chi connectivity index (χ1n) is 11.3. The van der Waals surface area contributed by atoms with Crippen LogP contribution in [0.3, 0.4) is 0 Å². The minimum atomic E-state index is -0.227. The van der Waals surface area contributed by atoms with Gasteiger partial charge in [-0.2, -0.15) is 0 Å².